The molecule has 0 heterocycles. The van der Waals surface area contributed by atoms with E-state index in [-0.39, 0.29) is 5.41 Å². The summed E-state index contributed by atoms with van der Waals surface area (Å²) in [4.78, 5) is 15.0. The zero-order valence-corrected chi connectivity index (χ0v) is 18.8. The summed E-state index contributed by atoms with van der Waals surface area (Å²) in [6.07, 6.45) is 4.78. The van der Waals surface area contributed by atoms with Gasteiger partial charge in [0.05, 0.1) is 0 Å². The average molecular weight is 420 g/mol. The lowest BCUT2D eigenvalue weighted by Gasteiger charge is -2.52. The molecule has 0 saturated heterocycles. The minimum absolute atomic E-state index is 0.208. The van der Waals surface area contributed by atoms with Crippen LogP contribution in [0.1, 0.15) is 61.1 Å². The van der Waals surface area contributed by atoms with Gasteiger partial charge in [-0.15, -0.1) is 0 Å². The van der Waals surface area contributed by atoms with Gasteiger partial charge in [-0.1, -0.05) is 25.1 Å². The summed E-state index contributed by atoms with van der Waals surface area (Å²) in [5.74, 6) is 3.40. The molecule has 0 spiro atoms. The van der Waals surface area contributed by atoms with Crippen LogP contribution in [0.5, 0.6) is 11.5 Å². The number of fused-ring (bicyclic) bond motifs is 5. The predicted molar refractivity (Wildman–Crippen MR) is 121 cm³/mol. The van der Waals surface area contributed by atoms with Gasteiger partial charge >= 0.3 is 0 Å². The highest BCUT2D eigenvalue weighted by molar-refractivity contribution is 5.87. The zero-order chi connectivity index (χ0) is 21.8. The van der Waals surface area contributed by atoms with E-state index in [0.717, 1.165) is 37.9 Å². The first-order valence-electron chi connectivity index (χ1n) is 11.6. The summed E-state index contributed by atoms with van der Waals surface area (Å²) in [7, 11) is 3.98. The molecule has 4 heteroatoms. The number of hydrogen-bond acceptors (Lipinski definition) is 4. The van der Waals surface area contributed by atoms with E-state index in [1.54, 1.807) is 0 Å². The number of benzene rings is 2. The minimum Gasteiger partial charge on any atom is -0.508 e. The standard InChI is InChI=1S/C27H33NO3/c1-27-15-23(17-4-8-20(9-5-17)31-16-28(2)3)26-21-11-7-19(29)14-18(21)6-10-22(26)24(27)12-13-25(27)30/h4-5,7-9,11,14,22-24,26,29H,6,10,12-13,15-16H2,1-3H3/t22?,23-,24?,26?,27+/m1/s1. The Hall–Kier alpha value is -2.33. The molecule has 2 saturated carbocycles. The Morgan fingerprint density at radius 3 is 2.61 bits per heavy atom. The lowest BCUT2D eigenvalue weighted by atomic mass is 9.51. The lowest BCUT2D eigenvalue weighted by molar-refractivity contribution is -0.130. The van der Waals surface area contributed by atoms with Crippen LogP contribution in [0.25, 0.3) is 0 Å². The van der Waals surface area contributed by atoms with Crippen molar-refractivity contribution in [1.29, 1.82) is 0 Å². The van der Waals surface area contributed by atoms with Gasteiger partial charge in [-0.2, -0.15) is 0 Å². The Balaban J connectivity index is 1.54. The third-order valence-electron chi connectivity index (χ3n) is 8.22. The molecule has 164 valence electrons. The quantitative estimate of drug-likeness (QED) is 0.700. The van der Waals surface area contributed by atoms with E-state index in [1.165, 1.54) is 16.7 Å². The van der Waals surface area contributed by atoms with E-state index in [0.29, 0.717) is 41.9 Å². The lowest BCUT2D eigenvalue weighted by Crippen LogP contribution is -2.45. The molecule has 31 heavy (non-hydrogen) atoms. The van der Waals surface area contributed by atoms with Gasteiger partial charge in [0.15, 0.2) is 0 Å². The maximum absolute atomic E-state index is 13.0. The average Bonchev–Trinajstić information content (AvgIpc) is 3.06. The van der Waals surface area contributed by atoms with E-state index in [2.05, 4.69) is 37.3 Å². The van der Waals surface area contributed by atoms with Crippen molar-refractivity contribution in [3.63, 3.8) is 0 Å². The maximum Gasteiger partial charge on any atom is 0.141 e. The molecular formula is C27H33NO3. The van der Waals surface area contributed by atoms with Gasteiger partial charge in [-0.05, 0) is 104 Å². The molecule has 2 aromatic rings. The van der Waals surface area contributed by atoms with Gasteiger partial charge in [0.1, 0.15) is 24.0 Å². The molecule has 2 fully saturated rings. The van der Waals surface area contributed by atoms with Crippen molar-refractivity contribution in [1.82, 2.24) is 4.90 Å². The second-order valence-corrected chi connectivity index (χ2v) is 10.3. The third kappa shape index (κ3) is 3.45. The molecule has 0 amide bonds. The smallest absolute Gasteiger partial charge is 0.141 e. The van der Waals surface area contributed by atoms with E-state index in [1.807, 2.05) is 31.1 Å². The number of nitrogens with zero attached hydrogens (tertiary/aromatic N) is 1. The van der Waals surface area contributed by atoms with Crippen LogP contribution in [-0.2, 0) is 11.2 Å². The fraction of sp³-hybridized carbons (Fsp3) is 0.519. The van der Waals surface area contributed by atoms with E-state index < -0.39 is 0 Å². The van der Waals surface area contributed by atoms with Crippen LogP contribution >= 0.6 is 0 Å². The maximum atomic E-state index is 13.0. The van der Waals surface area contributed by atoms with Crippen molar-refractivity contribution in [2.45, 2.75) is 50.9 Å². The van der Waals surface area contributed by atoms with Gasteiger partial charge in [-0.3, -0.25) is 9.69 Å². The van der Waals surface area contributed by atoms with Crippen molar-refractivity contribution in [2.24, 2.45) is 17.3 Å². The number of phenols is 1. The fourth-order valence-electron chi connectivity index (χ4n) is 6.81. The Bertz CT molecular complexity index is 982. The number of ether oxygens (including phenoxy) is 1. The summed E-state index contributed by atoms with van der Waals surface area (Å²) in [5.41, 5.74) is 3.76. The van der Waals surface area contributed by atoms with Crippen molar-refractivity contribution in [2.75, 3.05) is 20.8 Å². The number of aryl methyl sites for hydroxylation is 1. The number of carbonyl (C=O) groups is 1. The molecule has 3 aliphatic rings. The first-order chi connectivity index (χ1) is 14.9. The largest absolute Gasteiger partial charge is 0.508 e. The second kappa shape index (κ2) is 7.67. The van der Waals surface area contributed by atoms with Gasteiger partial charge in [0.25, 0.3) is 0 Å². The van der Waals surface area contributed by atoms with Crippen LogP contribution < -0.4 is 4.74 Å². The molecule has 1 N–H and O–H groups in total. The van der Waals surface area contributed by atoms with Crippen molar-refractivity contribution >= 4 is 5.78 Å². The van der Waals surface area contributed by atoms with Gasteiger partial charge < -0.3 is 9.84 Å². The van der Waals surface area contributed by atoms with E-state index in [9.17, 15) is 9.90 Å². The summed E-state index contributed by atoms with van der Waals surface area (Å²) >= 11 is 0. The van der Waals surface area contributed by atoms with E-state index in [4.69, 9.17) is 4.74 Å². The second-order valence-electron chi connectivity index (χ2n) is 10.3. The summed E-state index contributed by atoms with van der Waals surface area (Å²) in [6, 6.07) is 14.5. The molecule has 4 nitrogen and oxygen atoms in total. The number of aromatic hydroxyl groups is 1. The SMILES string of the molecule is CN(C)COc1ccc([C@H]2C[C@]3(C)C(=O)CCC3C3CCc4cc(O)ccc4C32)cc1. The Labute approximate surface area is 185 Å². The number of Topliss-reactive ketones (excluding diaryl/α,β-unsaturated/α-hetero) is 1. The van der Waals surface area contributed by atoms with Crippen LogP contribution in [0.3, 0.4) is 0 Å². The molecule has 0 aromatic heterocycles. The molecule has 5 atom stereocenters. The summed E-state index contributed by atoms with van der Waals surface area (Å²) < 4.78 is 5.84. The normalized spacial score (nSPS) is 31.8. The highest BCUT2D eigenvalue weighted by atomic mass is 16.5. The Morgan fingerprint density at radius 1 is 1.10 bits per heavy atom. The van der Waals surface area contributed by atoms with Crippen molar-refractivity contribution < 1.29 is 14.6 Å². The zero-order valence-electron chi connectivity index (χ0n) is 18.8. The van der Waals surface area contributed by atoms with Gasteiger partial charge in [-0.25, -0.2) is 0 Å². The molecular weight excluding hydrogens is 386 g/mol. The Kier molecular flexibility index (Phi) is 5.09. The third-order valence-corrected chi connectivity index (χ3v) is 8.22. The molecule has 0 bridgehead atoms. The highest BCUT2D eigenvalue weighted by Crippen LogP contribution is 2.64. The highest BCUT2D eigenvalue weighted by Gasteiger charge is 2.57. The summed E-state index contributed by atoms with van der Waals surface area (Å²) in [6.45, 7) is 2.79. The predicted octanol–water partition coefficient (Wildman–Crippen LogP) is 5.11. The van der Waals surface area contributed by atoms with Crippen molar-refractivity contribution in [3.8, 4) is 11.5 Å². The first-order valence-corrected chi connectivity index (χ1v) is 11.6. The number of ketones is 1. The van der Waals surface area contributed by atoms with Crippen LogP contribution in [0.15, 0.2) is 42.5 Å². The topological polar surface area (TPSA) is 49.8 Å². The van der Waals surface area contributed by atoms with Crippen LogP contribution in [0.2, 0.25) is 0 Å². The molecule has 5 rings (SSSR count). The number of carbonyl (C=O) groups excluding carboxylic acids is 1. The molecule has 0 aliphatic heterocycles. The van der Waals surface area contributed by atoms with Crippen molar-refractivity contribution in [3.05, 3.63) is 59.2 Å². The Morgan fingerprint density at radius 2 is 1.87 bits per heavy atom. The van der Waals surface area contributed by atoms with Crippen LogP contribution in [-0.4, -0.2) is 36.6 Å². The van der Waals surface area contributed by atoms with Crippen LogP contribution in [0, 0.1) is 17.3 Å². The minimum atomic E-state index is -0.208. The fourth-order valence-corrected chi connectivity index (χ4v) is 6.81. The number of rotatable bonds is 4. The molecule has 0 radical (unpaired) electrons. The number of phenolic OH excluding ortho intramolecular Hbond substituents is 1. The van der Waals surface area contributed by atoms with Crippen LogP contribution in [0.4, 0.5) is 0 Å². The molecule has 3 unspecified atom stereocenters. The van der Waals surface area contributed by atoms with Gasteiger partial charge in [0, 0.05) is 11.8 Å². The molecule has 2 aromatic carbocycles. The summed E-state index contributed by atoms with van der Waals surface area (Å²) in [5, 5.41) is 10.1. The molecule has 3 aliphatic carbocycles. The number of hydrogen-bond donors (Lipinski definition) is 1. The van der Waals surface area contributed by atoms with E-state index >= 15 is 0 Å². The monoisotopic (exact) mass is 419 g/mol. The first kappa shape index (κ1) is 20.6. The van der Waals surface area contributed by atoms with Gasteiger partial charge in [0.2, 0.25) is 0 Å².